The molecule has 1 saturated heterocycles. The summed E-state index contributed by atoms with van der Waals surface area (Å²) in [5.41, 5.74) is 0. The van der Waals surface area contributed by atoms with Gasteiger partial charge in [-0.2, -0.15) is 0 Å². The van der Waals surface area contributed by atoms with E-state index >= 15 is 0 Å². The maximum atomic E-state index is 12.1. The predicted octanol–water partition coefficient (Wildman–Crippen LogP) is 4.92. The number of carbonyl (C=O) groups excluding carboxylic acids is 1. The number of likely N-dealkylation sites (tertiary alicyclic amines) is 1. The van der Waals surface area contributed by atoms with Gasteiger partial charge >= 0.3 is 0 Å². The van der Waals surface area contributed by atoms with Gasteiger partial charge in [0.1, 0.15) is 5.78 Å². The Balaban J connectivity index is 1.57. The van der Waals surface area contributed by atoms with Crippen molar-refractivity contribution in [2.75, 3.05) is 19.6 Å². The lowest BCUT2D eigenvalue weighted by atomic mass is 9.76. The lowest BCUT2D eigenvalue weighted by molar-refractivity contribution is -0.127. The van der Waals surface area contributed by atoms with E-state index in [1.165, 1.54) is 64.6 Å². The van der Waals surface area contributed by atoms with E-state index in [2.05, 4.69) is 25.7 Å². The zero-order valence-electron chi connectivity index (χ0n) is 15.2. The van der Waals surface area contributed by atoms with Crippen LogP contribution in [0.2, 0.25) is 0 Å². The summed E-state index contributed by atoms with van der Waals surface area (Å²) in [6.45, 7) is 10.4. The minimum atomic E-state index is 0.229. The van der Waals surface area contributed by atoms with E-state index < -0.39 is 0 Å². The van der Waals surface area contributed by atoms with Crippen LogP contribution in [0, 0.1) is 23.7 Å². The fourth-order valence-electron chi connectivity index (χ4n) is 4.43. The number of carbonyl (C=O) groups is 1. The second-order valence-electron chi connectivity index (χ2n) is 8.11. The van der Waals surface area contributed by atoms with Crippen LogP contribution in [-0.4, -0.2) is 30.3 Å². The molecule has 2 fully saturated rings. The summed E-state index contributed by atoms with van der Waals surface area (Å²) in [4.78, 5) is 14.8. The molecule has 2 rings (SSSR count). The Kier molecular flexibility index (Phi) is 7.40. The fourth-order valence-corrected chi connectivity index (χ4v) is 4.43. The van der Waals surface area contributed by atoms with Crippen molar-refractivity contribution in [3.8, 4) is 0 Å². The van der Waals surface area contributed by atoms with Gasteiger partial charge in [-0.15, -0.1) is 0 Å². The molecule has 22 heavy (non-hydrogen) atoms. The summed E-state index contributed by atoms with van der Waals surface area (Å²) in [6, 6.07) is 0. The monoisotopic (exact) mass is 307 g/mol. The van der Waals surface area contributed by atoms with Gasteiger partial charge in [0, 0.05) is 11.8 Å². The first kappa shape index (κ1) is 18.0. The summed E-state index contributed by atoms with van der Waals surface area (Å²) >= 11 is 0. The molecule has 0 aromatic carbocycles. The van der Waals surface area contributed by atoms with Crippen LogP contribution in [-0.2, 0) is 4.79 Å². The van der Waals surface area contributed by atoms with E-state index in [9.17, 15) is 4.79 Å². The highest BCUT2D eigenvalue weighted by atomic mass is 16.1. The topological polar surface area (TPSA) is 20.3 Å². The molecule has 0 radical (unpaired) electrons. The van der Waals surface area contributed by atoms with E-state index in [0.717, 1.165) is 24.7 Å². The number of rotatable bonds is 7. The second-order valence-corrected chi connectivity index (χ2v) is 8.11. The fraction of sp³-hybridized carbons (Fsp3) is 0.950. The first-order valence-electron chi connectivity index (χ1n) is 9.86. The van der Waals surface area contributed by atoms with Crippen molar-refractivity contribution >= 4 is 5.78 Å². The van der Waals surface area contributed by atoms with Crippen molar-refractivity contribution in [2.24, 2.45) is 23.7 Å². The van der Waals surface area contributed by atoms with Crippen LogP contribution in [0.4, 0.5) is 0 Å². The van der Waals surface area contributed by atoms with Crippen LogP contribution < -0.4 is 0 Å². The highest BCUT2D eigenvalue weighted by Gasteiger charge is 2.27. The quantitative estimate of drug-likeness (QED) is 0.665. The molecule has 1 aliphatic carbocycles. The average Bonchev–Trinajstić information content (AvgIpc) is 2.55. The van der Waals surface area contributed by atoms with Gasteiger partial charge in [0.15, 0.2) is 0 Å². The molecule has 0 aromatic heterocycles. The molecule has 0 aromatic rings. The Hall–Kier alpha value is -0.370. The van der Waals surface area contributed by atoms with E-state index in [4.69, 9.17) is 0 Å². The van der Waals surface area contributed by atoms with Gasteiger partial charge in [0.05, 0.1) is 0 Å². The maximum Gasteiger partial charge on any atom is 0.138 e. The lowest BCUT2D eigenvalue weighted by Crippen LogP contribution is -2.34. The van der Waals surface area contributed by atoms with Gasteiger partial charge in [0.2, 0.25) is 0 Å². The average molecular weight is 308 g/mol. The first-order chi connectivity index (χ1) is 10.6. The number of ketones is 1. The molecule has 1 heterocycles. The predicted molar refractivity (Wildman–Crippen MR) is 94.0 cm³/mol. The first-order valence-corrected chi connectivity index (χ1v) is 9.86. The normalized spacial score (nSPS) is 28.2. The zero-order valence-corrected chi connectivity index (χ0v) is 15.2. The van der Waals surface area contributed by atoms with Gasteiger partial charge in [0.25, 0.3) is 0 Å². The number of hydrogen-bond acceptors (Lipinski definition) is 2. The van der Waals surface area contributed by atoms with Crippen LogP contribution >= 0.6 is 0 Å². The molecule has 0 amide bonds. The highest BCUT2D eigenvalue weighted by molar-refractivity contribution is 5.82. The Morgan fingerprint density at radius 2 is 1.64 bits per heavy atom. The Labute approximate surface area is 138 Å². The molecule has 0 spiro atoms. The summed E-state index contributed by atoms with van der Waals surface area (Å²) in [6.07, 6.45) is 11.8. The summed E-state index contributed by atoms with van der Waals surface area (Å²) in [5.74, 6) is 3.00. The van der Waals surface area contributed by atoms with E-state index in [0.29, 0.717) is 11.7 Å². The number of piperidine rings is 1. The van der Waals surface area contributed by atoms with Crippen LogP contribution in [0.5, 0.6) is 0 Å². The van der Waals surface area contributed by atoms with Gasteiger partial charge in [-0.05, 0) is 82.8 Å². The van der Waals surface area contributed by atoms with Gasteiger partial charge in [-0.25, -0.2) is 0 Å². The largest absolute Gasteiger partial charge is 0.303 e. The molecule has 0 atom stereocenters. The standard InChI is InChI=1S/C20H37NO/c1-4-17-11-14-21(15-12-17)13-5-6-18-7-9-19(10-8-18)20(22)16(2)3/h16-19H,4-15H2,1-3H3. The van der Waals surface area contributed by atoms with Crippen molar-refractivity contribution in [3.63, 3.8) is 0 Å². The number of Topliss-reactive ketones (excluding diaryl/α,β-unsaturated/α-hetero) is 1. The summed E-state index contributed by atoms with van der Waals surface area (Å²) < 4.78 is 0. The van der Waals surface area contributed by atoms with Gasteiger partial charge < -0.3 is 4.90 Å². The second kappa shape index (κ2) is 9.05. The third kappa shape index (κ3) is 5.37. The molecule has 0 unspecified atom stereocenters. The van der Waals surface area contributed by atoms with Crippen molar-refractivity contribution in [1.29, 1.82) is 0 Å². The third-order valence-electron chi connectivity index (χ3n) is 6.19. The SMILES string of the molecule is CCC1CCN(CCCC2CCC(C(=O)C(C)C)CC2)CC1. The molecule has 1 aliphatic heterocycles. The molecule has 2 aliphatic rings. The molecular weight excluding hydrogens is 270 g/mol. The third-order valence-corrected chi connectivity index (χ3v) is 6.19. The van der Waals surface area contributed by atoms with Gasteiger partial charge in [-0.3, -0.25) is 4.79 Å². The molecule has 2 heteroatoms. The Bertz CT molecular complexity index is 323. The lowest BCUT2D eigenvalue weighted by Gasteiger charge is -2.32. The van der Waals surface area contributed by atoms with E-state index in [1.807, 2.05) is 0 Å². The number of hydrogen-bond donors (Lipinski definition) is 0. The summed E-state index contributed by atoms with van der Waals surface area (Å²) in [7, 11) is 0. The minimum absolute atomic E-state index is 0.229. The highest BCUT2D eigenvalue weighted by Crippen LogP contribution is 2.33. The molecule has 128 valence electrons. The zero-order chi connectivity index (χ0) is 15.9. The van der Waals surface area contributed by atoms with E-state index in [1.54, 1.807) is 0 Å². The number of nitrogens with zero attached hydrogens (tertiary/aromatic N) is 1. The molecular formula is C20H37NO. The smallest absolute Gasteiger partial charge is 0.138 e. The van der Waals surface area contributed by atoms with Crippen LogP contribution in [0.15, 0.2) is 0 Å². The van der Waals surface area contributed by atoms with Crippen LogP contribution in [0.3, 0.4) is 0 Å². The van der Waals surface area contributed by atoms with Crippen molar-refractivity contribution in [2.45, 2.75) is 78.6 Å². The minimum Gasteiger partial charge on any atom is -0.303 e. The molecule has 0 N–H and O–H groups in total. The van der Waals surface area contributed by atoms with Crippen LogP contribution in [0.1, 0.15) is 78.6 Å². The van der Waals surface area contributed by atoms with E-state index in [-0.39, 0.29) is 5.92 Å². The van der Waals surface area contributed by atoms with Gasteiger partial charge in [-0.1, -0.05) is 27.2 Å². The molecule has 2 nitrogen and oxygen atoms in total. The molecule has 0 bridgehead atoms. The van der Waals surface area contributed by atoms with Crippen molar-refractivity contribution in [1.82, 2.24) is 4.90 Å². The Morgan fingerprint density at radius 1 is 1.00 bits per heavy atom. The maximum absolute atomic E-state index is 12.1. The van der Waals surface area contributed by atoms with Crippen molar-refractivity contribution < 1.29 is 4.79 Å². The van der Waals surface area contributed by atoms with Crippen LogP contribution in [0.25, 0.3) is 0 Å². The molecule has 1 saturated carbocycles. The summed E-state index contributed by atoms with van der Waals surface area (Å²) in [5, 5.41) is 0. The Morgan fingerprint density at radius 3 is 2.18 bits per heavy atom. The van der Waals surface area contributed by atoms with Crippen molar-refractivity contribution in [3.05, 3.63) is 0 Å².